The summed E-state index contributed by atoms with van der Waals surface area (Å²) in [4.78, 5) is 29.8. The minimum Gasteiger partial charge on any atom is -0.535 e. The summed E-state index contributed by atoms with van der Waals surface area (Å²) in [5, 5.41) is 27.8. The van der Waals surface area contributed by atoms with Crippen molar-refractivity contribution in [1.29, 1.82) is 0 Å². The summed E-state index contributed by atoms with van der Waals surface area (Å²) in [6.45, 7) is 0.842. The fraction of sp³-hybridized carbons (Fsp3) is 0.500. The number of carboxylic acid groups (broad SMARTS) is 1. The van der Waals surface area contributed by atoms with E-state index in [1.165, 1.54) is 0 Å². The lowest BCUT2D eigenvalue weighted by Crippen LogP contribution is -2.56. The van der Waals surface area contributed by atoms with Gasteiger partial charge in [-0.15, -0.1) is 0 Å². The second-order valence-corrected chi connectivity index (χ2v) is 6.37. The molecule has 0 spiro atoms. The van der Waals surface area contributed by atoms with Crippen LogP contribution in [-0.2, 0) is 16.1 Å². The van der Waals surface area contributed by atoms with Crippen LogP contribution in [0.4, 0.5) is 0 Å². The Hall–Kier alpha value is -2.34. The number of rotatable bonds is 8. The highest BCUT2D eigenvalue weighted by Crippen LogP contribution is 2.37. The Balaban J connectivity index is 1.57. The van der Waals surface area contributed by atoms with E-state index in [1.807, 2.05) is 0 Å². The standard InChI is InChI=1S/C16H21BN2O8/c20-5-6-25-18-13(21)9-19-7-11(8-19)26-12-2-1-10-3-4-17(24)27-15(10)14(12)16(22)23/h1-2,11,20,24H,3-9H2,(H,18,21)(H,22,23). The first-order chi connectivity index (χ1) is 13.0. The van der Waals surface area contributed by atoms with Gasteiger partial charge in [-0.2, -0.15) is 0 Å². The van der Waals surface area contributed by atoms with Gasteiger partial charge < -0.3 is 24.6 Å². The number of nitrogens with zero attached hydrogens (tertiary/aromatic N) is 1. The maximum absolute atomic E-state index is 11.7. The number of hydroxylamine groups is 1. The summed E-state index contributed by atoms with van der Waals surface area (Å²) in [5.74, 6) is -1.21. The number of amides is 1. The molecule has 1 amide bonds. The van der Waals surface area contributed by atoms with E-state index in [1.54, 1.807) is 17.0 Å². The van der Waals surface area contributed by atoms with Crippen LogP contribution in [0, 0.1) is 0 Å². The van der Waals surface area contributed by atoms with Gasteiger partial charge in [0.05, 0.1) is 19.8 Å². The summed E-state index contributed by atoms with van der Waals surface area (Å²) < 4.78 is 11.1. The van der Waals surface area contributed by atoms with Crippen LogP contribution in [0.2, 0.25) is 6.32 Å². The molecule has 11 heteroatoms. The lowest BCUT2D eigenvalue weighted by atomic mass is 9.78. The van der Waals surface area contributed by atoms with Crippen molar-refractivity contribution >= 4 is 19.0 Å². The molecule has 2 aliphatic rings. The molecule has 2 heterocycles. The molecule has 4 N–H and O–H groups in total. The Bertz CT molecular complexity index is 710. The number of hydrogen-bond acceptors (Lipinski definition) is 8. The van der Waals surface area contributed by atoms with Gasteiger partial charge in [-0.25, -0.2) is 10.3 Å². The Kier molecular flexibility index (Phi) is 6.17. The Morgan fingerprint density at radius 3 is 2.85 bits per heavy atom. The predicted octanol–water partition coefficient (Wildman–Crippen LogP) is -1.10. The van der Waals surface area contributed by atoms with Gasteiger partial charge in [-0.3, -0.25) is 14.5 Å². The molecule has 1 fully saturated rings. The third-order valence-corrected chi connectivity index (χ3v) is 4.29. The van der Waals surface area contributed by atoms with Crippen LogP contribution < -0.4 is 14.9 Å². The number of likely N-dealkylation sites (tertiary alicyclic amines) is 1. The van der Waals surface area contributed by atoms with Gasteiger partial charge in [-0.1, -0.05) is 6.07 Å². The fourth-order valence-electron chi connectivity index (χ4n) is 3.03. The lowest BCUT2D eigenvalue weighted by Gasteiger charge is -2.38. The van der Waals surface area contributed by atoms with Gasteiger partial charge in [0, 0.05) is 13.1 Å². The average Bonchev–Trinajstić information content (AvgIpc) is 2.59. The van der Waals surface area contributed by atoms with Crippen LogP contribution >= 0.6 is 0 Å². The number of carbonyl (C=O) groups is 2. The largest absolute Gasteiger partial charge is 0.535 e. The van der Waals surface area contributed by atoms with Crippen molar-refractivity contribution in [3.05, 3.63) is 23.3 Å². The Morgan fingerprint density at radius 2 is 2.15 bits per heavy atom. The minimum atomic E-state index is -1.19. The number of aryl methyl sites for hydroxylation is 1. The molecule has 0 atom stereocenters. The quantitative estimate of drug-likeness (QED) is 0.252. The number of ether oxygens (including phenoxy) is 1. The van der Waals surface area contributed by atoms with Crippen molar-refractivity contribution in [2.24, 2.45) is 0 Å². The zero-order valence-corrected chi connectivity index (χ0v) is 14.6. The SMILES string of the molecule is O=C(CN1CC(Oc2ccc3c(c2C(=O)O)OB(O)CC3)C1)NOCCO. The molecule has 0 unspecified atom stereocenters. The number of carbonyl (C=O) groups excluding carboxylic acids is 1. The number of carboxylic acids is 1. The summed E-state index contributed by atoms with van der Waals surface area (Å²) in [6, 6.07) is 3.34. The lowest BCUT2D eigenvalue weighted by molar-refractivity contribution is -0.137. The molecule has 0 bridgehead atoms. The second-order valence-electron chi connectivity index (χ2n) is 6.37. The van der Waals surface area contributed by atoms with Crippen molar-refractivity contribution in [3.8, 4) is 11.5 Å². The molecule has 27 heavy (non-hydrogen) atoms. The van der Waals surface area contributed by atoms with Crippen LogP contribution in [0.25, 0.3) is 0 Å². The fourth-order valence-corrected chi connectivity index (χ4v) is 3.03. The average molecular weight is 380 g/mol. The second kappa shape index (κ2) is 8.57. The molecule has 0 radical (unpaired) electrons. The van der Waals surface area contributed by atoms with E-state index in [0.29, 0.717) is 25.8 Å². The van der Waals surface area contributed by atoms with Crippen LogP contribution in [0.3, 0.4) is 0 Å². The number of aromatic carboxylic acids is 1. The molecule has 10 nitrogen and oxygen atoms in total. The van der Waals surface area contributed by atoms with Gasteiger partial charge >= 0.3 is 13.1 Å². The molecule has 3 rings (SSSR count). The van der Waals surface area contributed by atoms with Crippen LogP contribution in [0.1, 0.15) is 15.9 Å². The van der Waals surface area contributed by atoms with E-state index in [9.17, 15) is 19.7 Å². The summed E-state index contributed by atoms with van der Waals surface area (Å²) in [6.07, 6.45) is 0.677. The van der Waals surface area contributed by atoms with Crippen molar-refractivity contribution < 1.29 is 39.1 Å². The van der Waals surface area contributed by atoms with Crippen molar-refractivity contribution in [2.45, 2.75) is 18.8 Å². The van der Waals surface area contributed by atoms with Crippen molar-refractivity contribution in [3.63, 3.8) is 0 Å². The zero-order chi connectivity index (χ0) is 19.4. The number of benzene rings is 1. The number of nitrogens with one attached hydrogen (secondary N) is 1. The van der Waals surface area contributed by atoms with E-state index in [0.717, 1.165) is 5.56 Å². The molecular formula is C16H21BN2O8. The van der Waals surface area contributed by atoms with E-state index >= 15 is 0 Å². The van der Waals surface area contributed by atoms with Crippen molar-refractivity contribution in [2.75, 3.05) is 32.8 Å². The maximum atomic E-state index is 11.7. The first kappa shape index (κ1) is 19.4. The number of aliphatic hydroxyl groups excluding tert-OH is 1. The number of aliphatic hydroxyl groups is 1. The van der Waals surface area contributed by atoms with Gasteiger partial charge in [0.1, 0.15) is 23.2 Å². The first-order valence-electron chi connectivity index (χ1n) is 8.62. The highest BCUT2D eigenvalue weighted by atomic mass is 16.7. The Morgan fingerprint density at radius 1 is 1.37 bits per heavy atom. The highest BCUT2D eigenvalue weighted by molar-refractivity contribution is 6.44. The highest BCUT2D eigenvalue weighted by Gasteiger charge is 2.34. The number of hydrogen-bond donors (Lipinski definition) is 4. The van der Waals surface area contributed by atoms with Crippen LogP contribution in [0.5, 0.6) is 11.5 Å². The van der Waals surface area contributed by atoms with E-state index in [2.05, 4.69) is 5.48 Å². The van der Waals surface area contributed by atoms with E-state index in [4.69, 9.17) is 19.3 Å². The Labute approximate surface area is 155 Å². The normalized spacial score (nSPS) is 16.9. The third-order valence-electron chi connectivity index (χ3n) is 4.29. The molecule has 0 saturated carbocycles. The van der Waals surface area contributed by atoms with Gasteiger partial charge in [0.25, 0.3) is 5.91 Å². The van der Waals surface area contributed by atoms with Gasteiger partial charge in [-0.05, 0) is 24.4 Å². The van der Waals surface area contributed by atoms with Gasteiger partial charge in [0.15, 0.2) is 0 Å². The summed E-state index contributed by atoms with van der Waals surface area (Å²) in [5.41, 5.74) is 2.83. The maximum Gasteiger partial charge on any atom is 0.522 e. The zero-order valence-electron chi connectivity index (χ0n) is 14.6. The van der Waals surface area contributed by atoms with Gasteiger partial charge in [0.2, 0.25) is 0 Å². The van der Waals surface area contributed by atoms with Crippen LogP contribution in [0.15, 0.2) is 12.1 Å². The molecule has 1 aromatic rings. The van der Waals surface area contributed by atoms with E-state index in [-0.39, 0.29) is 48.8 Å². The summed E-state index contributed by atoms with van der Waals surface area (Å²) >= 11 is 0. The predicted molar refractivity (Wildman–Crippen MR) is 92.5 cm³/mol. The van der Waals surface area contributed by atoms with E-state index < -0.39 is 13.1 Å². The van der Waals surface area contributed by atoms with Crippen molar-refractivity contribution in [1.82, 2.24) is 10.4 Å². The minimum absolute atomic E-state index is 0.0184. The smallest absolute Gasteiger partial charge is 0.522 e. The molecule has 146 valence electrons. The molecule has 1 saturated heterocycles. The third kappa shape index (κ3) is 4.69. The van der Waals surface area contributed by atoms with Crippen LogP contribution in [-0.4, -0.2) is 78.1 Å². The first-order valence-corrected chi connectivity index (χ1v) is 8.62. The molecule has 2 aliphatic heterocycles. The molecule has 1 aromatic carbocycles. The molecular weight excluding hydrogens is 359 g/mol. The number of fused-ring (bicyclic) bond motifs is 1. The monoisotopic (exact) mass is 380 g/mol. The summed E-state index contributed by atoms with van der Waals surface area (Å²) in [7, 11) is -1.03. The molecule has 0 aliphatic carbocycles. The topological polar surface area (TPSA) is 138 Å². The molecule has 0 aromatic heterocycles.